The Labute approximate surface area is 212 Å². The van der Waals surface area contributed by atoms with Crippen molar-refractivity contribution in [2.75, 3.05) is 39.4 Å². The second kappa shape index (κ2) is 9.43. The van der Waals surface area contributed by atoms with Crippen molar-refractivity contribution in [2.45, 2.75) is 19.4 Å². The molecule has 0 radical (unpaired) electrons. The number of aromatic nitrogens is 1. The zero-order valence-electron chi connectivity index (χ0n) is 20.5. The van der Waals surface area contributed by atoms with Gasteiger partial charge in [-0.25, -0.2) is 4.98 Å². The molecule has 6 heteroatoms. The summed E-state index contributed by atoms with van der Waals surface area (Å²) in [5.41, 5.74) is 5.79. The summed E-state index contributed by atoms with van der Waals surface area (Å²) in [6.45, 7) is 9.53. The number of benzene rings is 2. The average Bonchev–Trinajstić information content (AvgIpc) is 2.92. The minimum atomic E-state index is 0.0600. The molecule has 2 fully saturated rings. The maximum atomic E-state index is 11.9. The minimum Gasteiger partial charge on any atom is -0.484 e. The number of piperidine rings is 1. The van der Waals surface area contributed by atoms with Gasteiger partial charge in [0, 0.05) is 43.9 Å². The molecule has 0 unspecified atom stereocenters. The van der Waals surface area contributed by atoms with Gasteiger partial charge in [0.2, 0.25) is 5.91 Å². The van der Waals surface area contributed by atoms with Crippen LogP contribution in [0, 0.1) is 5.41 Å². The number of hydrogen-bond acceptors (Lipinski definition) is 5. The molecule has 6 nitrogen and oxygen atoms in total. The SMILES string of the molecule is C=CC(=O)N1CCC2(CC1)CN(Cc1ccc(-c3cc4c(nc3-c3ccccc3)OCCO4)cc1)C2. The van der Waals surface area contributed by atoms with E-state index in [2.05, 4.69) is 53.9 Å². The average molecular weight is 482 g/mol. The van der Waals surface area contributed by atoms with Crippen LogP contribution in [-0.2, 0) is 11.3 Å². The van der Waals surface area contributed by atoms with Crippen LogP contribution in [0.15, 0.2) is 73.3 Å². The van der Waals surface area contributed by atoms with Crippen LogP contribution in [0.2, 0.25) is 0 Å². The third-order valence-electron chi connectivity index (χ3n) is 7.68. The molecule has 0 N–H and O–H groups in total. The smallest absolute Gasteiger partial charge is 0.257 e. The number of rotatable bonds is 5. The molecule has 6 rings (SSSR count). The summed E-state index contributed by atoms with van der Waals surface area (Å²) in [6.07, 6.45) is 3.60. The highest BCUT2D eigenvalue weighted by molar-refractivity contribution is 5.87. The molecule has 4 heterocycles. The lowest BCUT2D eigenvalue weighted by atomic mass is 9.72. The molecule has 3 aromatic rings. The van der Waals surface area contributed by atoms with E-state index in [0.717, 1.165) is 67.9 Å². The Hall–Kier alpha value is -3.64. The Morgan fingerprint density at radius 3 is 2.42 bits per heavy atom. The van der Waals surface area contributed by atoms with Crippen LogP contribution in [0.4, 0.5) is 0 Å². The molecule has 2 aromatic carbocycles. The van der Waals surface area contributed by atoms with E-state index < -0.39 is 0 Å². The van der Waals surface area contributed by atoms with E-state index in [-0.39, 0.29) is 5.91 Å². The highest BCUT2D eigenvalue weighted by Gasteiger charge is 2.44. The lowest BCUT2D eigenvalue weighted by Crippen LogP contribution is -2.60. The van der Waals surface area contributed by atoms with Gasteiger partial charge >= 0.3 is 0 Å². The first kappa shape index (κ1) is 22.8. The Balaban J connectivity index is 1.16. The third kappa shape index (κ3) is 4.37. The zero-order valence-corrected chi connectivity index (χ0v) is 20.5. The van der Waals surface area contributed by atoms with Gasteiger partial charge in [0.05, 0.1) is 5.69 Å². The Kier molecular flexibility index (Phi) is 5.97. The summed E-state index contributed by atoms with van der Waals surface area (Å²) in [7, 11) is 0. The number of pyridine rings is 1. The van der Waals surface area contributed by atoms with Crippen molar-refractivity contribution < 1.29 is 14.3 Å². The summed E-state index contributed by atoms with van der Waals surface area (Å²) in [5.74, 6) is 1.32. The van der Waals surface area contributed by atoms with Crippen molar-refractivity contribution in [3.05, 3.63) is 78.9 Å². The van der Waals surface area contributed by atoms with Crippen molar-refractivity contribution in [3.8, 4) is 34.0 Å². The maximum Gasteiger partial charge on any atom is 0.257 e. The van der Waals surface area contributed by atoms with Gasteiger partial charge in [-0.05, 0) is 41.5 Å². The Bertz CT molecular complexity index is 1260. The fourth-order valence-electron chi connectivity index (χ4n) is 5.72. The highest BCUT2D eigenvalue weighted by Crippen LogP contribution is 2.42. The molecule has 1 amide bonds. The van der Waals surface area contributed by atoms with Gasteiger partial charge in [-0.2, -0.15) is 0 Å². The molecule has 3 aliphatic heterocycles. The molecule has 2 saturated heterocycles. The van der Waals surface area contributed by atoms with Crippen molar-refractivity contribution in [3.63, 3.8) is 0 Å². The van der Waals surface area contributed by atoms with E-state index in [1.165, 1.54) is 11.6 Å². The largest absolute Gasteiger partial charge is 0.484 e. The number of fused-ring (bicyclic) bond motifs is 1. The molecule has 1 aromatic heterocycles. The molecule has 0 atom stereocenters. The summed E-state index contributed by atoms with van der Waals surface area (Å²) < 4.78 is 11.6. The van der Waals surface area contributed by atoms with Crippen LogP contribution in [0.25, 0.3) is 22.4 Å². The normalized spacial score (nSPS) is 18.5. The molecular formula is C30H31N3O3. The van der Waals surface area contributed by atoms with E-state index in [0.29, 0.717) is 30.3 Å². The van der Waals surface area contributed by atoms with Crippen LogP contribution in [-0.4, -0.2) is 60.1 Å². The van der Waals surface area contributed by atoms with Crippen LogP contribution >= 0.6 is 0 Å². The molecule has 0 saturated carbocycles. The molecule has 0 bridgehead atoms. The second-order valence-corrected chi connectivity index (χ2v) is 10.1. The summed E-state index contributed by atoms with van der Waals surface area (Å²) in [5, 5.41) is 0. The number of carbonyl (C=O) groups is 1. The quantitative estimate of drug-likeness (QED) is 0.490. The maximum absolute atomic E-state index is 11.9. The van der Waals surface area contributed by atoms with Crippen molar-refractivity contribution in [1.82, 2.24) is 14.8 Å². The van der Waals surface area contributed by atoms with Gasteiger partial charge in [-0.3, -0.25) is 9.69 Å². The van der Waals surface area contributed by atoms with Gasteiger partial charge in [0.25, 0.3) is 5.88 Å². The summed E-state index contributed by atoms with van der Waals surface area (Å²) >= 11 is 0. The monoisotopic (exact) mass is 481 g/mol. The highest BCUT2D eigenvalue weighted by atomic mass is 16.6. The van der Waals surface area contributed by atoms with E-state index in [1.807, 2.05) is 23.1 Å². The number of carbonyl (C=O) groups excluding carboxylic acids is 1. The van der Waals surface area contributed by atoms with Crippen LogP contribution < -0.4 is 9.47 Å². The van der Waals surface area contributed by atoms with Gasteiger partial charge in [-0.15, -0.1) is 0 Å². The molecule has 184 valence electrons. The molecule has 36 heavy (non-hydrogen) atoms. The van der Waals surface area contributed by atoms with E-state index in [1.54, 1.807) is 0 Å². The number of amides is 1. The van der Waals surface area contributed by atoms with E-state index >= 15 is 0 Å². The Morgan fingerprint density at radius 2 is 1.69 bits per heavy atom. The standard InChI is InChI=1S/C30H31N3O3/c1-2-27(34)33-14-12-30(13-15-33)20-32(21-30)19-22-8-10-23(11-9-22)25-18-26-29(36-17-16-35-26)31-28(25)24-6-4-3-5-7-24/h2-11,18H,1,12-17,19-21H2. The number of ether oxygens (including phenoxy) is 2. The summed E-state index contributed by atoms with van der Waals surface area (Å²) in [6, 6.07) is 21.1. The van der Waals surface area contributed by atoms with Crippen molar-refractivity contribution >= 4 is 5.91 Å². The Morgan fingerprint density at radius 1 is 0.972 bits per heavy atom. The number of hydrogen-bond donors (Lipinski definition) is 0. The third-order valence-corrected chi connectivity index (χ3v) is 7.68. The first-order valence-corrected chi connectivity index (χ1v) is 12.7. The lowest BCUT2D eigenvalue weighted by Gasteiger charge is -2.54. The van der Waals surface area contributed by atoms with Gasteiger partial charge in [0.15, 0.2) is 5.75 Å². The fraction of sp³-hybridized carbons (Fsp3) is 0.333. The van der Waals surface area contributed by atoms with Crippen LogP contribution in [0.5, 0.6) is 11.6 Å². The van der Waals surface area contributed by atoms with E-state index in [9.17, 15) is 4.79 Å². The van der Waals surface area contributed by atoms with Crippen molar-refractivity contribution in [2.24, 2.45) is 5.41 Å². The van der Waals surface area contributed by atoms with Crippen LogP contribution in [0.1, 0.15) is 18.4 Å². The van der Waals surface area contributed by atoms with Crippen LogP contribution in [0.3, 0.4) is 0 Å². The molecule has 3 aliphatic rings. The van der Waals surface area contributed by atoms with Gasteiger partial charge in [0.1, 0.15) is 13.2 Å². The number of likely N-dealkylation sites (tertiary alicyclic amines) is 2. The van der Waals surface area contributed by atoms with Crippen molar-refractivity contribution in [1.29, 1.82) is 0 Å². The molecular weight excluding hydrogens is 450 g/mol. The summed E-state index contributed by atoms with van der Waals surface area (Å²) in [4.78, 5) is 21.2. The molecule has 0 aliphatic carbocycles. The fourth-order valence-corrected chi connectivity index (χ4v) is 5.72. The first-order chi connectivity index (χ1) is 17.6. The predicted molar refractivity (Wildman–Crippen MR) is 140 cm³/mol. The zero-order chi connectivity index (χ0) is 24.5. The van der Waals surface area contributed by atoms with E-state index in [4.69, 9.17) is 14.5 Å². The minimum absolute atomic E-state index is 0.0600. The number of nitrogens with zero attached hydrogens (tertiary/aromatic N) is 3. The van der Waals surface area contributed by atoms with Gasteiger partial charge in [-0.1, -0.05) is 61.2 Å². The second-order valence-electron chi connectivity index (χ2n) is 10.1. The molecule has 1 spiro atoms. The topological polar surface area (TPSA) is 54.9 Å². The predicted octanol–water partition coefficient (Wildman–Crippen LogP) is 4.80. The van der Waals surface area contributed by atoms with Gasteiger partial charge < -0.3 is 14.4 Å². The first-order valence-electron chi connectivity index (χ1n) is 12.7. The lowest BCUT2D eigenvalue weighted by molar-refractivity contribution is -0.131.